The number of hydrogen-bond acceptors (Lipinski definition) is 3. The van der Waals surface area contributed by atoms with Gasteiger partial charge in [0.2, 0.25) is 5.91 Å². The van der Waals surface area contributed by atoms with Crippen molar-refractivity contribution in [2.75, 3.05) is 19.6 Å². The molecular weight excluding hydrogens is 202 g/mol. The van der Waals surface area contributed by atoms with E-state index in [4.69, 9.17) is 11.5 Å². The number of primary amides is 1. The molecule has 0 aromatic carbocycles. The van der Waals surface area contributed by atoms with Crippen LogP contribution < -0.4 is 11.5 Å². The van der Waals surface area contributed by atoms with Crippen LogP contribution in [0.5, 0.6) is 0 Å². The lowest BCUT2D eigenvalue weighted by atomic mass is 9.91. The van der Waals surface area contributed by atoms with Crippen molar-refractivity contribution in [1.82, 2.24) is 4.90 Å². The molecule has 0 bridgehead atoms. The Labute approximate surface area is 97.3 Å². The quantitative estimate of drug-likeness (QED) is 0.723. The summed E-state index contributed by atoms with van der Waals surface area (Å²) < 4.78 is 0. The van der Waals surface area contributed by atoms with Gasteiger partial charge in [0.15, 0.2) is 0 Å². The number of rotatable bonds is 4. The molecule has 0 aromatic heterocycles. The van der Waals surface area contributed by atoms with Crippen LogP contribution in [0.25, 0.3) is 0 Å². The monoisotopic (exact) mass is 225 g/mol. The Morgan fingerprint density at radius 1 is 1.44 bits per heavy atom. The summed E-state index contributed by atoms with van der Waals surface area (Å²) in [5, 5.41) is 0. The molecule has 4 N–H and O–H groups in total. The lowest BCUT2D eigenvalue weighted by Crippen LogP contribution is -2.61. The fourth-order valence-corrected chi connectivity index (χ4v) is 2.81. The predicted octanol–water partition coefficient (Wildman–Crippen LogP) is 0.311. The zero-order valence-corrected chi connectivity index (χ0v) is 10.1. The van der Waals surface area contributed by atoms with Crippen LogP contribution in [0.4, 0.5) is 0 Å². The molecule has 1 heterocycles. The molecule has 2 aliphatic rings. The van der Waals surface area contributed by atoms with Crippen LogP contribution in [-0.2, 0) is 4.79 Å². The molecule has 0 aromatic rings. The zero-order chi connectivity index (χ0) is 11.8. The maximum Gasteiger partial charge on any atom is 0.239 e. The van der Waals surface area contributed by atoms with Crippen molar-refractivity contribution in [3.8, 4) is 0 Å². The van der Waals surface area contributed by atoms with Gasteiger partial charge < -0.3 is 16.4 Å². The highest BCUT2D eigenvalue weighted by Gasteiger charge is 2.47. The predicted molar refractivity (Wildman–Crippen MR) is 63.7 cm³/mol. The summed E-state index contributed by atoms with van der Waals surface area (Å²) in [6, 6.07) is 0. The summed E-state index contributed by atoms with van der Waals surface area (Å²) in [7, 11) is 0. The number of piperidine rings is 1. The third kappa shape index (κ3) is 2.38. The van der Waals surface area contributed by atoms with Gasteiger partial charge in [-0.15, -0.1) is 0 Å². The van der Waals surface area contributed by atoms with Gasteiger partial charge in [0.1, 0.15) is 5.54 Å². The van der Waals surface area contributed by atoms with Crippen molar-refractivity contribution in [3.63, 3.8) is 0 Å². The highest BCUT2D eigenvalue weighted by molar-refractivity contribution is 5.85. The first kappa shape index (κ1) is 11.9. The van der Waals surface area contributed by atoms with Gasteiger partial charge in [-0.25, -0.2) is 0 Å². The Morgan fingerprint density at radius 3 is 2.62 bits per heavy atom. The molecular formula is C12H23N3O. The third-order valence-corrected chi connectivity index (χ3v) is 3.99. The first-order valence-electron chi connectivity index (χ1n) is 6.33. The summed E-state index contributed by atoms with van der Waals surface area (Å²) in [5.41, 5.74) is 10.9. The fourth-order valence-electron chi connectivity index (χ4n) is 2.81. The molecule has 0 spiro atoms. The highest BCUT2D eigenvalue weighted by Crippen LogP contribution is 2.39. The van der Waals surface area contributed by atoms with Gasteiger partial charge in [0.25, 0.3) is 0 Å². The van der Waals surface area contributed by atoms with E-state index in [1.807, 2.05) is 0 Å². The third-order valence-electron chi connectivity index (χ3n) is 3.99. The molecule has 1 saturated carbocycles. The van der Waals surface area contributed by atoms with Crippen molar-refractivity contribution in [1.29, 1.82) is 0 Å². The topological polar surface area (TPSA) is 72.3 Å². The number of nitrogens with two attached hydrogens (primary N) is 2. The van der Waals surface area contributed by atoms with Gasteiger partial charge in [-0.2, -0.15) is 0 Å². The molecule has 2 atom stereocenters. The number of carbonyl (C=O) groups is 1. The van der Waals surface area contributed by atoms with Gasteiger partial charge in [0.05, 0.1) is 0 Å². The molecule has 0 radical (unpaired) electrons. The minimum atomic E-state index is -0.781. The van der Waals surface area contributed by atoms with E-state index in [1.54, 1.807) is 0 Å². The standard InChI is InChI=1S/C12H23N3O/c1-9-3-2-6-15(7-9)8-12(14,11(13)16)10-4-5-10/h9-10H,2-8,14H2,1H3,(H2,13,16). The molecule has 1 aliphatic heterocycles. The van der Waals surface area contributed by atoms with Crippen molar-refractivity contribution < 1.29 is 4.79 Å². The summed E-state index contributed by atoms with van der Waals surface area (Å²) in [6.45, 7) is 5.02. The highest BCUT2D eigenvalue weighted by atomic mass is 16.1. The van der Waals surface area contributed by atoms with Crippen LogP contribution in [-0.4, -0.2) is 36.0 Å². The Bertz CT molecular complexity index is 277. The van der Waals surface area contributed by atoms with E-state index in [-0.39, 0.29) is 5.91 Å². The smallest absolute Gasteiger partial charge is 0.239 e. The SMILES string of the molecule is CC1CCCN(CC(N)(C(N)=O)C2CC2)C1. The van der Waals surface area contributed by atoms with Crippen molar-refractivity contribution in [2.24, 2.45) is 23.3 Å². The summed E-state index contributed by atoms with van der Waals surface area (Å²) in [4.78, 5) is 13.8. The van der Waals surface area contributed by atoms with E-state index in [9.17, 15) is 4.79 Å². The summed E-state index contributed by atoms with van der Waals surface area (Å²) >= 11 is 0. The van der Waals surface area contributed by atoms with Crippen molar-refractivity contribution in [3.05, 3.63) is 0 Å². The molecule has 1 saturated heterocycles. The van der Waals surface area contributed by atoms with E-state index < -0.39 is 5.54 Å². The van der Waals surface area contributed by atoms with Gasteiger partial charge in [-0.3, -0.25) is 4.79 Å². The minimum absolute atomic E-state index is 0.322. The van der Waals surface area contributed by atoms with E-state index in [2.05, 4.69) is 11.8 Å². The van der Waals surface area contributed by atoms with Gasteiger partial charge in [0, 0.05) is 13.1 Å². The lowest BCUT2D eigenvalue weighted by molar-refractivity contribution is -0.124. The van der Waals surface area contributed by atoms with E-state index in [0.29, 0.717) is 18.4 Å². The molecule has 4 nitrogen and oxygen atoms in total. The molecule has 2 unspecified atom stereocenters. The van der Waals surface area contributed by atoms with Crippen LogP contribution in [0.1, 0.15) is 32.6 Å². The van der Waals surface area contributed by atoms with Crippen LogP contribution in [0.15, 0.2) is 0 Å². The number of carbonyl (C=O) groups excluding carboxylic acids is 1. The maximum absolute atomic E-state index is 11.5. The number of nitrogens with zero attached hydrogens (tertiary/aromatic N) is 1. The summed E-state index contributed by atoms with van der Waals surface area (Å²) in [6.07, 6.45) is 4.61. The Kier molecular flexibility index (Phi) is 3.22. The second-order valence-electron chi connectivity index (χ2n) is 5.66. The van der Waals surface area contributed by atoms with Crippen molar-refractivity contribution >= 4 is 5.91 Å². The molecule has 4 heteroatoms. The van der Waals surface area contributed by atoms with E-state index in [1.165, 1.54) is 12.8 Å². The van der Waals surface area contributed by atoms with Crippen LogP contribution >= 0.6 is 0 Å². The van der Waals surface area contributed by atoms with Gasteiger partial charge >= 0.3 is 0 Å². The van der Waals surface area contributed by atoms with Crippen LogP contribution in [0.2, 0.25) is 0 Å². The van der Waals surface area contributed by atoms with Gasteiger partial charge in [-0.1, -0.05) is 6.92 Å². The lowest BCUT2D eigenvalue weighted by Gasteiger charge is -2.37. The zero-order valence-electron chi connectivity index (χ0n) is 10.1. The Balaban J connectivity index is 1.97. The summed E-state index contributed by atoms with van der Waals surface area (Å²) in [5.74, 6) is 0.709. The Morgan fingerprint density at radius 2 is 2.12 bits per heavy atom. The number of hydrogen-bond donors (Lipinski definition) is 2. The first-order chi connectivity index (χ1) is 7.52. The number of amides is 1. The van der Waals surface area contributed by atoms with Crippen LogP contribution in [0.3, 0.4) is 0 Å². The molecule has 92 valence electrons. The second kappa shape index (κ2) is 4.34. The second-order valence-corrected chi connectivity index (χ2v) is 5.66. The average Bonchev–Trinajstić information content (AvgIpc) is 3.00. The normalized spacial score (nSPS) is 31.0. The molecule has 16 heavy (non-hydrogen) atoms. The van der Waals surface area contributed by atoms with Gasteiger partial charge in [-0.05, 0) is 44.1 Å². The molecule has 2 rings (SSSR count). The van der Waals surface area contributed by atoms with Crippen LogP contribution in [0, 0.1) is 11.8 Å². The first-order valence-corrected chi connectivity index (χ1v) is 6.33. The van der Waals surface area contributed by atoms with E-state index >= 15 is 0 Å². The van der Waals surface area contributed by atoms with Crippen molar-refractivity contribution in [2.45, 2.75) is 38.1 Å². The number of likely N-dealkylation sites (tertiary alicyclic amines) is 1. The molecule has 1 amide bonds. The fraction of sp³-hybridized carbons (Fsp3) is 0.917. The molecule has 1 aliphatic carbocycles. The molecule has 2 fully saturated rings. The maximum atomic E-state index is 11.5. The largest absolute Gasteiger partial charge is 0.368 e. The average molecular weight is 225 g/mol. The Hall–Kier alpha value is -0.610. The minimum Gasteiger partial charge on any atom is -0.368 e. The van der Waals surface area contributed by atoms with E-state index in [0.717, 1.165) is 25.9 Å².